The molecule has 0 saturated carbocycles. The number of carbonyl (C=O) groups is 1. The molecule has 1 aliphatic rings. The van der Waals surface area contributed by atoms with Gasteiger partial charge in [-0.25, -0.2) is 28.5 Å². The number of alkyl halides is 2. The van der Waals surface area contributed by atoms with Gasteiger partial charge in [-0.1, -0.05) is 35.3 Å². The van der Waals surface area contributed by atoms with Crippen molar-refractivity contribution in [1.29, 1.82) is 0 Å². The third-order valence-electron chi connectivity index (χ3n) is 6.09. The van der Waals surface area contributed by atoms with Gasteiger partial charge in [-0.15, -0.1) is 0 Å². The summed E-state index contributed by atoms with van der Waals surface area (Å²) in [7, 11) is 0. The molecule has 182 valence electrons. The maximum absolute atomic E-state index is 13.8. The molecule has 2 N–H and O–H groups in total. The van der Waals surface area contributed by atoms with Crippen LogP contribution in [0.15, 0.2) is 36.5 Å². The number of benzene rings is 1. The fraction of sp³-hybridized carbons (Fsp3) is 0.304. The Balaban J connectivity index is 1.61. The van der Waals surface area contributed by atoms with Crippen LogP contribution in [0.3, 0.4) is 0 Å². The summed E-state index contributed by atoms with van der Waals surface area (Å²) in [5, 5.41) is 13.8. The molecule has 0 radical (unpaired) electrons. The minimum Gasteiger partial charge on any atom is -0.476 e. The summed E-state index contributed by atoms with van der Waals surface area (Å²) in [6, 6.07) is 8.24. The number of carboxylic acid groups (broad SMARTS) is 1. The van der Waals surface area contributed by atoms with E-state index in [1.54, 1.807) is 16.7 Å². The third-order valence-corrected chi connectivity index (χ3v) is 6.48. The van der Waals surface area contributed by atoms with Gasteiger partial charge in [0.25, 0.3) is 5.92 Å². The van der Waals surface area contributed by atoms with Crippen LogP contribution in [0.2, 0.25) is 10.3 Å². The van der Waals surface area contributed by atoms with Crippen molar-refractivity contribution in [2.45, 2.75) is 31.7 Å². The van der Waals surface area contributed by atoms with E-state index in [9.17, 15) is 18.7 Å². The van der Waals surface area contributed by atoms with Crippen LogP contribution < -0.4 is 10.2 Å². The van der Waals surface area contributed by atoms with Gasteiger partial charge in [0, 0.05) is 36.9 Å². The summed E-state index contributed by atoms with van der Waals surface area (Å²) < 4.78 is 29.3. The lowest BCUT2D eigenvalue weighted by Gasteiger charge is -2.33. The van der Waals surface area contributed by atoms with Crippen molar-refractivity contribution in [3.8, 4) is 0 Å². The van der Waals surface area contributed by atoms with E-state index in [-0.39, 0.29) is 41.9 Å². The number of anilines is 2. The molecule has 1 atom stereocenters. The largest absolute Gasteiger partial charge is 0.476 e. The van der Waals surface area contributed by atoms with Gasteiger partial charge in [-0.2, -0.15) is 0 Å². The van der Waals surface area contributed by atoms with E-state index in [2.05, 4.69) is 15.3 Å². The number of rotatable bonds is 5. The SMILES string of the molecule is CC(Nc1ccc(Cl)nc1C(=O)O)c1cccc2c1nc(N1CCC(F)(F)CC1)n1cc(Cl)nc21. The Bertz CT molecular complexity index is 1450. The minimum atomic E-state index is -2.70. The van der Waals surface area contributed by atoms with E-state index >= 15 is 0 Å². The van der Waals surface area contributed by atoms with Gasteiger partial charge in [-0.3, -0.25) is 4.40 Å². The Hall–Kier alpha value is -3.24. The van der Waals surface area contributed by atoms with Gasteiger partial charge < -0.3 is 15.3 Å². The molecular formula is C23H20Cl2F2N6O2. The number of piperidine rings is 1. The summed E-state index contributed by atoms with van der Waals surface area (Å²) in [5.74, 6) is -3.44. The van der Waals surface area contributed by atoms with E-state index in [0.717, 1.165) is 10.9 Å². The summed E-state index contributed by atoms with van der Waals surface area (Å²) >= 11 is 12.1. The normalized spacial score (nSPS) is 16.5. The van der Waals surface area contributed by atoms with Crippen LogP contribution in [0.4, 0.5) is 20.4 Å². The van der Waals surface area contributed by atoms with Crippen LogP contribution >= 0.6 is 23.2 Å². The Kier molecular flexibility index (Phi) is 5.88. The molecule has 8 nitrogen and oxygen atoms in total. The van der Waals surface area contributed by atoms with Crippen LogP contribution in [0.5, 0.6) is 0 Å². The van der Waals surface area contributed by atoms with Crippen molar-refractivity contribution in [2.24, 2.45) is 0 Å². The standard InChI is InChI=1S/C23H20Cl2F2N6O2/c1-12(28-15-5-6-16(24)29-19(15)21(34)35)13-3-2-4-14-18(13)31-22(33-11-17(25)30-20(14)33)32-9-7-23(26,27)8-10-32/h2-6,11-12,28H,7-10H2,1H3,(H,34,35). The second-order valence-electron chi connectivity index (χ2n) is 8.46. The highest BCUT2D eigenvalue weighted by Crippen LogP contribution is 2.34. The maximum Gasteiger partial charge on any atom is 0.356 e. The number of halogens is 4. The number of carboxylic acids is 1. The second-order valence-corrected chi connectivity index (χ2v) is 9.23. The van der Waals surface area contributed by atoms with Crippen LogP contribution in [0.1, 0.15) is 41.9 Å². The number of hydrogen-bond acceptors (Lipinski definition) is 6. The van der Waals surface area contributed by atoms with Crippen LogP contribution in [-0.2, 0) is 0 Å². The maximum atomic E-state index is 13.8. The highest BCUT2D eigenvalue weighted by atomic mass is 35.5. The molecule has 0 aliphatic carbocycles. The van der Waals surface area contributed by atoms with Crippen molar-refractivity contribution in [3.63, 3.8) is 0 Å². The van der Waals surface area contributed by atoms with E-state index in [4.69, 9.17) is 28.2 Å². The zero-order valence-corrected chi connectivity index (χ0v) is 20.0. The molecule has 0 spiro atoms. The van der Waals surface area contributed by atoms with E-state index in [0.29, 0.717) is 22.8 Å². The number of nitrogens with one attached hydrogen (secondary N) is 1. The highest BCUT2D eigenvalue weighted by Gasteiger charge is 2.35. The van der Waals surface area contributed by atoms with Crippen LogP contribution in [0.25, 0.3) is 16.6 Å². The molecular weight excluding hydrogens is 501 g/mol. The molecule has 1 unspecified atom stereocenters. The number of fused-ring (bicyclic) bond motifs is 3. The predicted molar refractivity (Wildman–Crippen MR) is 130 cm³/mol. The topological polar surface area (TPSA) is 95.6 Å². The van der Waals surface area contributed by atoms with Crippen molar-refractivity contribution in [3.05, 3.63) is 58.1 Å². The van der Waals surface area contributed by atoms with Crippen molar-refractivity contribution < 1.29 is 18.7 Å². The molecule has 35 heavy (non-hydrogen) atoms. The van der Waals surface area contributed by atoms with Crippen molar-refractivity contribution in [2.75, 3.05) is 23.3 Å². The summed E-state index contributed by atoms with van der Waals surface area (Å²) in [4.78, 5) is 26.7. The van der Waals surface area contributed by atoms with Gasteiger partial charge >= 0.3 is 5.97 Å². The summed E-state index contributed by atoms with van der Waals surface area (Å²) in [6.07, 6.45) is 1.09. The number of imidazole rings is 1. The lowest BCUT2D eigenvalue weighted by molar-refractivity contribution is -0.0222. The highest BCUT2D eigenvalue weighted by molar-refractivity contribution is 6.30. The zero-order valence-electron chi connectivity index (χ0n) is 18.5. The fourth-order valence-corrected chi connectivity index (χ4v) is 4.67. The Morgan fingerprint density at radius 2 is 1.86 bits per heavy atom. The predicted octanol–water partition coefficient (Wildman–Crippen LogP) is 5.69. The molecule has 4 aromatic rings. The van der Waals surface area contributed by atoms with Crippen LogP contribution in [0, 0.1) is 0 Å². The number of para-hydroxylation sites is 1. The van der Waals surface area contributed by atoms with Crippen molar-refractivity contribution >= 4 is 57.4 Å². The van der Waals surface area contributed by atoms with E-state index < -0.39 is 17.9 Å². The van der Waals surface area contributed by atoms with Crippen molar-refractivity contribution in [1.82, 2.24) is 19.4 Å². The van der Waals surface area contributed by atoms with Gasteiger partial charge in [0.2, 0.25) is 5.95 Å². The molecule has 1 fully saturated rings. The minimum absolute atomic E-state index is 0.0720. The van der Waals surface area contributed by atoms with Gasteiger partial charge in [0.15, 0.2) is 11.3 Å². The number of aromatic nitrogens is 4. The molecule has 1 aliphatic heterocycles. The smallest absolute Gasteiger partial charge is 0.356 e. The first-order valence-corrected chi connectivity index (χ1v) is 11.6. The molecule has 1 saturated heterocycles. The quantitative estimate of drug-likeness (QED) is 0.326. The van der Waals surface area contributed by atoms with E-state index in [1.807, 2.05) is 30.0 Å². The molecule has 1 aromatic carbocycles. The molecule has 12 heteroatoms. The first kappa shape index (κ1) is 23.5. The average molecular weight is 521 g/mol. The van der Waals surface area contributed by atoms with Crippen LogP contribution in [-0.4, -0.2) is 49.4 Å². The number of aromatic carboxylic acids is 1. The van der Waals surface area contributed by atoms with Gasteiger partial charge in [0.05, 0.1) is 23.4 Å². The van der Waals surface area contributed by atoms with Gasteiger partial charge in [0.1, 0.15) is 10.3 Å². The number of nitrogens with zero attached hydrogens (tertiary/aromatic N) is 5. The number of pyridine rings is 1. The molecule has 5 rings (SSSR count). The molecule has 0 amide bonds. The summed E-state index contributed by atoms with van der Waals surface area (Å²) in [6.45, 7) is 2.15. The Labute approximate surface area is 208 Å². The molecule has 4 heterocycles. The monoisotopic (exact) mass is 520 g/mol. The number of hydrogen-bond donors (Lipinski definition) is 2. The lowest BCUT2D eigenvalue weighted by Crippen LogP contribution is -2.40. The third kappa shape index (κ3) is 4.43. The first-order chi connectivity index (χ1) is 16.6. The average Bonchev–Trinajstić information content (AvgIpc) is 3.21. The van der Waals surface area contributed by atoms with E-state index in [1.165, 1.54) is 6.07 Å². The Morgan fingerprint density at radius 3 is 2.57 bits per heavy atom. The second kappa shape index (κ2) is 8.76. The van der Waals surface area contributed by atoms with Gasteiger partial charge in [-0.05, 0) is 25.1 Å². The lowest BCUT2D eigenvalue weighted by atomic mass is 10.0. The fourth-order valence-electron chi connectivity index (χ4n) is 4.35. The molecule has 3 aromatic heterocycles. The first-order valence-electron chi connectivity index (χ1n) is 10.9. The summed E-state index contributed by atoms with van der Waals surface area (Å²) in [5.41, 5.74) is 2.03. The Morgan fingerprint density at radius 1 is 1.11 bits per heavy atom. The molecule has 0 bridgehead atoms. The zero-order chi connectivity index (χ0) is 24.9.